The Labute approximate surface area is 298 Å². The van der Waals surface area contributed by atoms with Gasteiger partial charge >= 0.3 is 0 Å². The third kappa shape index (κ3) is 8.18. The zero-order valence-corrected chi connectivity index (χ0v) is 36.1. The smallest absolute Gasteiger partial charge is 0.245 e. The molecule has 2 aromatic heterocycles. The molecule has 0 amide bonds. The lowest BCUT2D eigenvalue weighted by Gasteiger charge is -2.44. The fourth-order valence-corrected chi connectivity index (χ4v) is 8.58. The second-order valence-electron chi connectivity index (χ2n) is 17.9. The first-order valence-electron chi connectivity index (χ1n) is 17.4. The minimum atomic E-state index is -2.34. The summed E-state index contributed by atoms with van der Waals surface area (Å²) in [4.78, 5) is 14.6. The predicted octanol–water partition coefficient (Wildman–Crippen LogP) is 9.21. The number of methoxy groups -OCH3 is 2. The average Bonchev–Trinajstić information content (AvgIpc) is 3.54. The van der Waals surface area contributed by atoms with E-state index in [9.17, 15) is 0 Å². The Hall–Kier alpha value is -2.14. The highest BCUT2D eigenvalue weighted by atomic mass is 28.4. The second kappa shape index (κ2) is 13.8. The van der Waals surface area contributed by atoms with E-state index >= 15 is 0 Å². The molecule has 1 saturated heterocycles. The van der Waals surface area contributed by atoms with Gasteiger partial charge < -0.3 is 27.5 Å². The Bertz CT molecular complexity index is 1590. The lowest BCUT2D eigenvalue weighted by molar-refractivity contribution is -0.0470. The van der Waals surface area contributed by atoms with Crippen molar-refractivity contribution in [2.45, 2.75) is 141 Å². The number of fused-ring (bicyclic) bond motifs is 1. The van der Waals surface area contributed by atoms with Crippen molar-refractivity contribution >= 4 is 36.1 Å². The lowest BCUT2D eigenvalue weighted by Crippen LogP contribution is -2.54. The van der Waals surface area contributed by atoms with E-state index in [1.54, 1.807) is 20.5 Å². The van der Waals surface area contributed by atoms with Gasteiger partial charge in [-0.2, -0.15) is 4.98 Å². The highest BCUT2D eigenvalue weighted by molar-refractivity contribution is 6.75. The molecule has 10 nitrogen and oxygen atoms in total. The summed E-state index contributed by atoms with van der Waals surface area (Å²) >= 11 is 0. The van der Waals surface area contributed by atoms with Crippen molar-refractivity contribution in [3.05, 3.63) is 30.6 Å². The molecule has 49 heavy (non-hydrogen) atoms. The van der Waals surface area contributed by atoms with Crippen LogP contribution in [-0.4, -0.2) is 83.6 Å². The van der Waals surface area contributed by atoms with Crippen molar-refractivity contribution in [2.75, 3.05) is 20.8 Å². The summed E-state index contributed by atoms with van der Waals surface area (Å²) in [5, 5.41) is -0.0184. The molecule has 4 rings (SSSR count). The molecule has 0 N–H and O–H groups in total. The largest absolute Gasteiger partial charge is 0.497 e. The molecule has 13 heteroatoms. The molecule has 0 saturated carbocycles. The summed E-state index contributed by atoms with van der Waals surface area (Å²) in [6.45, 7) is 34.5. The summed E-state index contributed by atoms with van der Waals surface area (Å²) < 4.78 is 41.8. The Kier molecular flexibility index (Phi) is 11.1. The van der Waals surface area contributed by atoms with Crippen LogP contribution in [-0.2, 0) is 18.0 Å². The van der Waals surface area contributed by atoms with E-state index in [0.717, 1.165) is 11.3 Å². The van der Waals surface area contributed by atoms with Gasteiger partial charge in [0.05, 0.1) is 27.2 Å². The van der Waals surface area contributed by atoms with E-state index in [2.05, 4.69) is 102 Å². The van der Waals surface area contributed by atoms with Gasteiger partial charge in [-0.3, -0.25) is 4.57 Å². The van der Waals surface area contributed by atoms with Crippen LogP contribution in [0.3, 0.4) is 0 Å². The van der Waals surface area contributed by atoms with Gasteiger partial charge in [0.1, 0.15) is 24.1 Å². The summed E-state index contributed by atoms with van der Waals surface area (Å²) in [5.41, 5.74) is 1.98. The number of imidazole rings is 1. The monoisotopic (exact) mass is 730 g/mol. The molecule has 0 unspecified atom stereocenters. The van der Waals surface area contributed by atoms with Gasteiger partial charge in [0.15, 0.2) is 48.2 Å². The van der Waals surface area contributed by atoms with Crippen molar-refractivity contribution < 1.29 is 27.5 Å². The fraction of sp³-hybridized carbons (Fsp3) is 0.694. The molecule has 0 spiro atoms. The fourth-order valence-electron chi connectivity index (χ4n) is 4.96. The Morgan fingerprint density at radius 1 is 0.714 bits per heavy atom. The molecule has 274 valence electrons. The van der Waals surface area contributed by atoms with Gasteiger partial charge in [0, 0.05) is 5.56 Å². The minimum absolute atomic E-state index is 0.0208. The molecule has 0 bridgehead atoms. The molecule has 3 heterocycles. The van der Waals surface area contributed by atoms with E-state index in [1.807, 2.05) is 28.8 Å². The van der Waals surface area contributed by atoms with Gasteiger partial charge in [-0.1, -0.05) is 62.3 Å². The van der Waals surface area contributed by atoms with Crippen LogP contribution in [0.4, 0.5) is 0 Å². The highest BCUT2D eigenvalue weighted by Gasteiger charge is 2.55. The van der Waals surface area contributed by atoms with E-state index in [-0.39, 0.29) is 27.3 Å². The number of benzene rings is 1. The summed E-state index contributed by atoms with van der Waals surface area (Å²) in [7, 11) is -3.51. The van der Waals surface area contributed by atoms with Gasteiger partial charge in [0.25, 0.3) is 0 Å². The van der Waals surface area contributed by atoms with Crippen LogP contribution >= 0.6 is 0 Å². The number of aromatic nitrogens is 4. The maximum atomic E-state index is 7.38. The quantitative estimate of drug-likeness (QED) is 0.179. The van der Waals surface area contributed by atoms with Crippen LogP contribution in [0.5, 0.6) is 11.6 Å². The summed E-state index contributed by atoms with van der Waals surface area (Å²) in [6, 6.07) is 7.66. The number of hydrogen-bond acceptors (Lipinski definition) is 9. The van der Waals surface area contributed by atoms with Crippen LogP contribution in [0.2, 0.25) is 54.4 Å². The third-order valence-corrected chi connectivity index (χ3v) is 24.8. The molecule has 4 atom stereocenters. The average molecular weight is 731 g/mol. The SMILES string of the molecule is COc1ccc(-c2nc(OC)c3ncn([C@@H]4O[C@H](CO[Si](C)(C)C(C)(C)C)[C@@H](O[Si](C)(C)C(C)(C)C)[C@H]4O[Si](C)(C)C(C)(C)C)c3n2)cc1. The number of nitrogens with zero attached hydrogens (tertiary/aromatic N) is 4. The van der Waals surface area contributed by atoms with Gasteiger partial charge in [-0.15, -0.1) is 0 Å². The Balaban J connectivity index is 1.91. The van der Waals surface area contributed by atoms with E-state index < -0.39 is 37.3 Å². The van der Waals surface area contributed by atoms with Crippen LogP contribution in [0, 0.1) is 0 Å². The Morgan fingerprint density at radius 3 is 1.73 bits per heavy atom. The maximum Gasteiger partial charge on any atom is 0.245 e. The van der Waals surface area contributed by atoms with Crippen LogP contribution < -0.4 is 9.47 Å². The lowest BCUT2D eigenvalue weighted by atomic mass is 10.1. The minimum Gasteiger partial charge on any atom is -0.497 e. The van der Waals surface area contributed by atoms with Crippen LogP contribution in [0.15, 0.2) is 30.6 Å². The van der Waals surface area contributed by atoms with Gasteiger partial charge in [-0.05, 0) is 78.7 Å². The first-order chi connectivity index (χ1) is 22.3. The highest BCUT2D eigenvalue weighted by Crippen LogP contribution is 2.47. The van der Waals surface area contributed by atoms with Crippen molar-refractivity contribution in [3.63, 3.8) is 0 Å². The predicted molar refractivity (Wildman–Crippen MR) is 205 cm³/mol. The third-order valence-electron chi connectivity index (χ3n) is 11.4. The van der Waals surface area contributed by atoms with Crippen LogP contribution in [0.25, 0.3) is 22.6 Å². The Morgan fingerprint density at radius 2 is 1.24 bits per heavy atom. The summed E-state index contributed by atoms with van der Waals surface area (Å²) in [6.07, 6.45) is 0.0145. The second-order valence-corrected chi connectivity index (χ2v) is 32.3. The standard InChI is InChI=1S/C36H62N4O6Si3/c1-34(2,3)47(12,13)43-22-26-28(45-48(14,15)35(4,5)6)29(46-49(16,17)36(7,8)9)33(44-26)40-23-37-27-31(40)38-30(39-32(27)42-11)24-18-20-25(41-10)21-19-24/h18-21,23,26,28-29,33H,22H2,1-17H3/t26-,28-,29-,33-/m1/s1. The molecule has 1 aliphatic rings. The number of hydrogen-bond donors (Lipinski definition) is 0. The zero-order valence-electron chi connectivity index (χ0n) is 33.1. The zero-order chi connectivity index (χ0) is 37.0. The van der Waals surface area contributed by atoms with Crippen molar-refractivity contribution in [2.24, 2.45) is 0 Å². The van der Waals surface area contributed by atoms with E-state index in [0.29, 0.717) is 29.5 Å². The maximum absolute atomic E-state index is 7.38. The molecule has 1 aliphatic heterocycles. The molecular weight excluding hydrogens is 669 g/mol. The van der Waals surface area contributed by atoms with E-state index in [1.165, 1.54) is 0 Å². The first kappa shape index (κ1) is 39.6. The van der Waals surface area contributed by atoms with E-state index in [4.69, 9.17) is 42.4 Å². The summed E-state index contributed by atoms with van der Waals surface area (Å²) in [5.74, 6) is 1.66. The molecule has 1 aromatic carbocycles. The normalized spacial score (nSPS) is 21.4. The van der Waals surface area contributed by atoms with Crippen LogP contribution in [0.1, 0.15) is 68.5 Å². The van der Waals surface area contributed by atoms with Crippen molar-refractivity contribution in [1.82, 2.24) is 19.5 Å². The number of ether oxygens (including phenoxy) is 3. The molecule has 0 radical (unpaired) electrons. The number of rotatable bonds is 11. The topological polar surface area (TPSA) is 99.0 Å². The molecule has 0 aliphatic carbocycles. The molecule has 1 fully saturated rings. The molecular formula is C36H62N4O6Si3. The van der Waals surface area contributed by atoms with Gasteiger partial charge in [-0.25, -0.2) is 9.97 Å². The van der Waals surface area contributed by atoms with Crippen molar-refractivity contribution in [3.8, 4) is 23.0 Å². The van der Waals surface area contributed by atoms with Gasteiger partial charge in [0.2, 0.25) is 5.88 Å². The molecule has 3 aromatic rings. The first-order valence-corrected chi connectivity index (χ1v) is 26.1. The van der Waals surface area contributed by atoms with Crippen molar-refractivity contribution in [1.29, 1.82) is 0 Å².